The molecule has 0 aromatic heterocycles. The van der Waals surface area contributed by atoms with E-state index in [1.165, 1.54) is 6.07 Å². The second-order valence-electron chi connectivity index (χ2n) is 2.59. The van der Waals surface area contributed by atoms with Gasteiger partial charge in [-0.1, -0.05) is 0 Å². The Hall–Kier alpha value is -1.68. The first-order chi connectivity index (χ1) is 6.54. The first kappa shape index (κ1) is 10.4. The summed E-state index contributed by atoms with van der Waals surface area (Å²) in [5, 5.41) is 12.1. The Morgan fingerprint density at radius 3 is 2.86 bits per heavy atom. The number of carbonyl (C=O) groups is 2. The third-order valence-corrected chi connectivity index (χ3v) is 1.68. The lowest BCUT2D eigenvalue weighted by molar-refractivity contribution is -0.141. The van der Waals surface area contributed by atoms with Gasteiger partial charge in [0, 0.05) is 6.61 Å². The maximum Gasteiger partial charge on any atom is 0.323 e. The van der Waals surface area contributed by atoms with Crippen LogP contribution in [-0.2, 0) is 9.53 Å². The summed E-state index contributed by atoms with van der Waals surface area (Å²) in [4.78, 5) is 21.8. The van der Waals surface area contributed by atoms with Crippen LogP contribution in [0, 0.1) is 11.3 Å². The summed E-state index contributed by atoms with van der Waals surface area (Å²) in [5.41, 5.74) is -2.87. The predicted molar refractivity (Wildman–Crippen MR) is 41.5 cm³/mol. The Labute approximate surface area is 79.0 Å². The largest absolute Gasteiger partial charge is 0.353 e. The smallest absolute Gasteiger partial charge is 0.323 e. The van der Waals surface area contributed by atoms with Crippen LogP contribution in [0.3, 0.4) is 0 Å². The van der Waals surface area contributed by atoms with Crippen LogP contribution >= 0.6 is 0 Å². The monoisotopic (exact) mass is 201 g/mol. The van der Waals surface area contributed by atoms with Crippen LogP contribution < -0.4 is 10.6 Å². The number of urea groups is 1. The summed E-state index contributed by atoms with van der Waals surface area (Å²) in [7, 11) is 0. The van der Waals surface area contributed by atoms with Gasteiger partial charge in [0.25, 0.3) is 5.91 Å². The maximum absolute atomic E-state index is 13.6. The van der Waals surface area contributed by atoms with E-state index in [4.69, 9.17) is 10.00 Å². The first-order valence-corrected chi connectivity index (χ1v) is 3.88. The number of nitriles is 1. The molecule has 14 heavy (non-hydrogen) atoms. The van der Waals surface area contributed by atoms with E-state index >= 15 is 0 Å². The molecule has 1 rings (SSSR count). The van der Waals surface area contributed by atoms with E-state index in [-0.39, 0.29) is 6.61 Å². The zero-order chi connectivity index (χ0) is 10.8. The van der Waals surface area contributed by atoms with E-state index in [1.807, 2.05) is 5.32 Å². The molecule has 2 atom stereocenters. The lowest BCUT2D eigenvalue weighted by Gasteiger charge is -2.31. The van der Waals surface area contributed by atoms with E-state index in [0.29, 0.717) is 0 Å². The topological polar surface area (TPSA) is 91.2 Å². The van der Waals surface area contributed by atoms with Crippen molar-refractivity contribution in [1.29, 1.82) is 5.26 Å². The number of rotatable bonds is 2. The van der Waals surface area contributed by atoms with Crippen LogP contribution in [0.4, 0.5) is 9.18 Å². The maximum atomic E-state index is 13.6. The molecule has 0 aromatic rings. The fourth-order valence-corrected chi connectivity index (χ4v) is 1.00. The molecule has 0 spiro atoms. The average Bonchev–Trinajstić information content (AvgIpc) is 2.14. The Bertz CT molecular complexity index is 314. The molecular weight excluding hydrogens is 193 g/mol. The molecule has 0 bridgehead atoms. The summed E-state index contributed by atoms with van der Waals surface area (Å²) >= 11 is 0. The predicted octanol–water partition coefficient (Wildman–Crippen LogP) is -0.580. The summed E-state index contributed by atoms with van der Waals surface area (Å²) in [6, 6.07) is 0.289. The summed E-state index contributed by atoms with van der Waals surface area (Å²) in [5.74, 6) is -1.30. The van der Waals surface area contributed by atoms with Crippen molar-refractivity contribution in [2.24, 2.45) is 0 Å². The third-order valence-electron chi connectivity index (χ3n) is 1.68. The molecule has 1 heterocycles. The molecule has 7 heteroatoms. The third kappa shape index (κ3) is 1.52. The van der Waals surface area contributed by atoms with E-state index < -0.39 is 23.8 Å². The number of imide groups is 1. The van der Waals surface area contributed by atoms with Crippen molar-refractivity contribution in [3.63, 3.8) is 0 Å². The second kappa shape index (κ2) is 3.59. The van der Waals surface area contributed by atoms with E-state index in [1.54, 1.807) is 12.2 Å². The highest BCUT2D eigenvalue weighted by molar-refractivity contribution is 6.03. The van der Waals surface area contributed by atoms with Crippen LogP contribution in [0.15, 0.2) is 0 Å². The van der Waals surface area contributed by atoms with Gasteiger partial charge in [-0.25, -0.2) is 9.18 Å². The number of nitrogens with one attached hydrogen (secondary N) is 2. The molecular formula is C7H8FN3O3. The molecule has 76 valence electrons. The Morgan fingerprint density at radius 1 is 1.71 bits per heavy atom. The van der Waals surface area contributed by atoms with Crippen LogP contribution in [0.25, 0.3) is 0 Å². The number of hydrogen-bond acceptors (Lipinski definition) is 4. The standard InChI is InChI=1S/C7H8FN3O3/c1-2-14-5-7(8,3-9)4(12)10-6(13)11-5/h5H,2H2,1H3,(H2,10,11,12,13). The zero-order valence-electron chi connectivity index (χ0n) is 7.33. The number of halogens is 1. The van der Waals surface area contributed by atoms with Gasteiger partial charge in [0.2, 0.25) is 0 Å². The number of nitrogens with zero attached hydrogens (tertiary/aromatic N) is 1. The minimum absolute atomic E-state index is 0.0750. The molecule has 1 saturated heterocycles. The van der Waals surface area contributed by atoms with Gasteiger partial charge in [-0.15, -0.1) is 0 Å². The van der Waals surface area contributed by atoms with Gasteiger partial charge in [0.05, 0.1) is 0 Å². The molecule has 1 aliphatic heterocycles. The molecule has 1 fully saturated rings. The number of ether oxygens (including phenoxy) is 1. The van der Waals surface area contributed by atoms with E-state index in [2.05, 4.69) is 0 Å². The SMILES string of the molecule is CCOC1NC(=O)NC(=O)C1(F)C#N. The van der Waals surface area contributed by atoms with Gasteiger partial charge in [0.1, 0.15) is 6.07 Å². The molecule has 0 aromatic carbocycles. The minimum atomic E-state index is -2.87. The van der Waals surface area contributed by atoms with Gasteiger partial charge in [-0.05, 0) is 6.92 Å². The molecule has 0 saturated carbocycles. The first-order valence-electron chi connectivity index (χ1n) is 3.88. The van der Waals surface area contributed by atoms with Crippen molar-refractivity contribution in [3.8, 4) is 6.07 Å². The minimum Gasteiger partial charge on any atom is -0.353 e. The fraction of sp³-hybridized carbons (Fsp3) is 0.571. The molecule has 3 amide bonds. The number of amides is 3. The van der Waals surface area contributed by atoms with Gasteiger partial charge < -0.3 is 10.1 Å². The van der Waals surface area contributed by atoms with Crippen molar-refractivity contribution in [2.75, 3.05) is 6.61 Å². The van der Waals surface area contributed by atoms with Gasteiger partial charge >= 0.3 is 11.7 Å². The molecule has 0 radical (unpaired) electrons. The Balaban J connectivity index is 2.93. The van der Waals surface area contributed by atoms with Gasteiger partial charge in [-0.3, -0.25) is 10.1 Å². The zero-order valence-corrected chi connectivity index (χ0v) is 7.33. The molecule has 2 unspecified atom stereocenters. The van der Waals surface area contributed by atoms with Crippen LogP contribution in [0.1, 0.15) is 6.92 Å². The van der Waals surface area contributed by atoms with Crippen LogP contribution in [0.5, 0.6) is 0 Å². The van der Waals surface area contributed by atoms with Crippen molar-refractivity contribution in [3.05, 3.63) is 0 Å². The number of hydrogen-bond donors (Lipinski definition) is 2. The summed E-state index contributed by atoms with van der Waals surface area (Å²) in [6.07, 6.45) is -1.56. The van der Waals surface area contributed by atoms with Gasteiger partial charge in [0.15, 0.2) is 6.23 Å². The number of alkyl halides is 1. The molecule has 0 aliphatic carbocycles. The van der Waals surface area contributed by atoms with Crippen molar-refractivity contribution in [2.45, 2.75) is 18.8 Å². The van der Waals surface area contributed by atoms with Crippen molar-refractivity contribution >= 4 is 11.9 Å². The normalized spacial score (nSPS) is 31.6. The Kier molecular flexibility index (Phi) is 2.67. The fourth-order valence-electron chi connectivity index (χ4n) is 1.00. The number of carbonyl (C=O) groups excluding carboxylic acids is 2. The van der Waals surface area contributed by atoms with Crippen LogP contribution in [0.2, 0.25) is 0 Å². The molecule has 1 aliphatic rings. The van der Waals surface area contributed by atoms with Crippen molar-refractivity contribution in [1.82, 2.24) is 10.6 Å². The van der Waals surface area contributed by atoms with Crippen molar-refractivity contribution < 1.29 is 18.7 Å². The summed E-state index contributed by atoms with van der Waals surface area (Å²) < 4.78 is 18.3. The highest BCUT2D eigenvalue weighted by Gasteiger charge is 2.53. The second-order valence-corrected chi connectivity index (χ2v) is 2.59. The van der Waals surface area contributed by atoms with E-state index in [0.717, 1.165) is 0 Å². The average molecular weight is 201 g/mol. The molecule has 6 nitrogen and oxygen atoms in total. The molecule has 2 N–H and O–H groups in total. The quantitative estimate of drug-likeness (QED) is 0.625. The Morgan fingerprint density at radius 2 is 2.36 bits per heavy atom. The lowest BCUT2D eigenvalue weighted by atomic mass is 10.0. The highest BCUT2D eigenvalue weighted by atomic mass is 19.1. The van der Waals surface area contributed by atoms with Crippen LogP contribution in [-0.4, -0.2) is 30.4 Å². The van der Waals surface area contributed by atoms with E-state index in [9.17, 15) is 14.0 Å². The lowest BCUT2D eigenvalue weighted by Crippen LogP contribution is -2.67. The summed E-state index contributed by atoms with van der Waals surface area (Å²) in [6.45, 7) is 1.63. The highest BCUT2D eigenvalue weighted by Crippen LogP contribution is 2.19. The van der Waals surface area contributed by atoms with Gasteiger partial charge in [-0.2, -0.15) is 5.26 Å².